The minimum atomic E-state index is -0.0133. The van der Waals surface area contributed by atoms with Crippen LogP contribution < -0.4 is 5.32 Å². The van der Waals surface area contributed by atoms with E-state index in [-0.39, 0.29) is 11.8 Å². The number of benzene rings is 1. The molecule has 0 saturated carbocycles. The molecular weight excluding hydrogens is 424 g/mol. The Balaban J connectivity index is 1.16. The molecule has 2 amide bonds. The van der Waals surface area contributed by atoms with Gasteiger partial charge < -0.3 is 10.2 Å². The molecule has 9 heteroatoms. The van der Waals surface area contributed by atoms with E-state index in [1.807, 2.05) is 40.6 Å². The molecule has 0 bridgehead atoms. The highest BCUT2D eigenvalue weighted by molar-refractivity contribution is 8.01. The maximum Gasteiger partial charge on any atom is 0.261 e. The minimum Gasteiger partial charge on any atom is -0.350 e. The lowest BCUT2D eigenvalue weighted by Crippen LogP contribution is -2.50. The average molecular weight is 447 g/mol. The Labute approximate surface area is 181 Å². The number of amides is 2. The van der Waals surface area contributed by atoms with E-state index in [0.29, 0.717) is 12.3 Å². The number of aromatic nitrogens is 1. The summed E-state index contributed by atoms with van der Waals surface area (Å²) in [5.74, 6) is 0.581. The van der Waals surface area contributed by atoms with Crippen LogP contribution in [0.3, 0.4) is 0 Å². The molecule has 6 nitrogen and oxygen atoms in total. The fraction of sp³-hybridized carbons (Fsp3) is 0.350. The highest BCUT2D eigenvalue weighted by Crippen LogP contribution is 2.29. The van der Waals surface area contributed by atoms with Gasteiger partial charge in [-0.1, -0.05) is 30.0 Å². The van der Waals surface area contributed by atoms with Gasteiger partial charge in [0.15, 0.2) is 4.34 Å². The fourth-order valence-corrected chi connectivity index (χ4v) is 5.78. The first-order valence-corrected chi connectivity index (χ1v) is 12.2. The molecule has 1 fully saturated rings. The first-order chi connectivity index (χ1) is 14.2. The van der Waals surface area contributed by atoms with Crippen LogP contribution in [0.4, 0.5) is 0 Å². The molecule has 3 heterocycles. The van der Waals surface area contributed by atoms with Crippen molar-refractivity contribution >= 4 is 56.5 Å². The average Bonchev–Trinajstić information content (AvgIpc) is 3.42. The molecule has 0 unspecified atom stereocenters. The van der Waals surface area contributed by atoms with Gasteiger partial charge in [0.25, 0.3) is 5.91 Å². The molecule has 1 aliphatic rings. The molecule has 2 aromatic heterocycles. The Morgan fingerprint density at radius 2 is 1.93 bits per heavy atom. The summed E-state index contributed by atoms with van der Waals surface area (Å²) in [7, 11) is 0. The minimum absolute atomic E-state index is 0.0133. The van der Waals surface area contributed by atoms with Gasteiger partial charge in [0.1, 0.15) is 0 Å². The van der Waals surface area contributed by atoms with Gasteiger partial charge >= 0.3 is 0 Å². The number of thiophene rings is 1. The molecule has 3 aromatic rings. The number of piperazine rings is 1. The van der Waals surface area contributed by atoms with Crippen molar-refractivity contribution < 1.29 is 9.59 Å². The van der Waals surface area contributed by atoms with Crippen molar-refractivity contribution in [1.29, 1.82) is 0 Å². The molecule has 152 valence electrons. The first-order valence-electron chi connectivity index (χ1n) is 9.49. The molecule has 1 saturated heterocycles. The Kier molecular flexibility index (Phi) is 6.81. The molecule has 1 aliphatic heterocycles. The van der Waals surface area contributed by atoms with E-state index in [2.05, 4.69) is 21.3 Å². The van der Waals surface area contributed by atoms with Crippen LogP contribution in [0.2, 0.25) is 0 Å². The van der Waals surface area contributed by atoms with Gasteiger partial charge in [0, 0.05) is 39.3 Å². The van der Waals surface area contributed by atoms with E-state index in [1.54, 1.807) is 11.3 Å². The summed E-state index contributed by atoms with van der Waals surface area (Å²) >= 11 is 4.61. The zero-order valence-electron chi connectivity index (χ0n) is 15.9. The van der Waals surface area contributed by atoms with Crippen LogP contribution in [-0.4, -0.2) is 71.6 Å². The van der Waals surface area contributed by atoms with Gasteiger partial charge in [-0.15, -0.1) is 22.7 Å². The Morgan fingerprint density at radius 1 is 1.10 bits per heavy atom. The number of para-hydroxylation sites is 1. The van der Waals surface area contributed by atoms with Crippen molar-refractivity contribution in [3.05, 3.63) is 46.7 Å². The lowest BCUT2D eigenvalue weighted by Gasteiger charge is -2.34. The topological polar surface area (TPSA) is 65.5 Å². The maximum atomic E-state index is 12.5. The second-order valence-corrected chi connectivity index (χ2v) is 9.89. The largest absolute Gasteiger partial charge is 0.350 e. The summed E-state index contributed by atoms with van der Waals surface area (Å²) in [5.41, 5.74) is 0.993. The molecule has 1 aromatic carbocycles. The second kappa shape index (κ2) is 9.71. The number of thiazole rings is 1. The third-order valence-corrected chi connectivity index (χ3v) is 7.81. The normalized spacial score (nSPS) is 15.0. The smallest absolute Gasteiger partial charge is 0.261 e. The number of hydrogen-bond acceptors (Lipinski definition) is 7. The van der Waals surface area contributed by atoms with E-state index >= 15 is 0 Å². The Bertz CT molecular complexity index is 932. The summed E-state index contributed by atoms with van der Waals surface area (Å²) in [6.45, 7) is 4.58. The predicted molar refractivity (Wildman–Crippen MR) is 120 cm³/mol. The predicted octanol–water partition coefficient (Wildman–Crippen LogP) is 3.02. The highest BCUT2D eigenvalue weighted by Gasteiger charge is 2.21. The van der Waals surface area contributed by atoms with E-state index in [9.17, 15) is 9.59 Å². The summed E-state index contributed by atoms with van der Waals surface area (Å²) in [6.07, 6.45) is 0. The van der Waals surface area contributed by atoms with Crippen molar-refractivity contribution in [2.45, 2.75) is 4.34 Å². The molecule has 1 N–H and O–H groups in total. The number of thioether (sulfide) groups is 1. The van der Waals surface area contributed by atoms with Crippen LogP contribution in [0.25, 0.3) is 10.2 Å². The number of nitrogens with zero attached hydrogens (tertiary/aromatic N) is 3. The van der Waals surface area contributed by atoms with Crippen LogP contribution in [0.1, 0.15) is 9.67 Å². The molecule has 29 heavy (non-hydrogen) atoms. The number of carbonyl (C=O) groups excluding carboxylic acids is 2. The van der Waals surface area contributed by atoms with Gasteiger partial charge in [-0.25, -0.2) is 4.98 Å². The van der Waals surface area contributed by atoms with E-state index in [1.165, 1.54) is 23.1 Å². The van der Waals surface area contributed by atoms with E-state index in [4.69, 9.17) is 0 Å². The highest BCUT2D eigenvalue weighted by atomic mass is 32.2. The third-order valence-electron chi connectivity index (χ3n) is 4.78. The van der Waals surface area contributed by atoms with Crippen LogP contribution >= 0.6 is 34.4 Å². The summed E-state index contributed by atoms with van der Waals surface area (Å²) in [4.78, 5) is 34.0. The van der Waals surface area contributed by atoms with Crippen molar-refractivity contribution in [3.8, 4) is 0 Å². The van der Waals surface area contributed by atoms with Crippen molar-refractivity contribution in [1.82, 2.24) is 20.1 Å². The number of fused-ring (bicyclic) bond motifs is 1. The van der Waals surface area contributed by atoms with Crippen LogP contribution in [0.15, 0.2) is 46.1 Å². The SMILES string of the molecule is O=C(NCCN1CCN(C(=O)CSc2nc3ccccc3s2)CC1)c1cccs1. The molecule has 0 radical (unpaired) electrons. The van der Waals surface area contributed by atoms with Crippen LogP contribution in [-0.2, 0) is 4.79 Å². The Hall–Kier alpha value is -1.94. The summed E-state index contributed by atoms with van der Waals surface area (Å²) < 4.78 is 2.10. The van der Waals surface area contributed by atoms with Gasteiger partial charge in [0.2, 0.25) is 5.91 Å². The number of carbonyl (C=O) groups is 2. The van der Waals surface area contributed by atoms with Gasteiger partial charge in [-0.3, -0.25) is 14.5 Å². The molecular formula is C20H22N4O2S3. The van der Waals surface area contributed by atoms with Crippen molar-refractivity contribution in [2.24, 2.45) is 0 Å². The van der Waals surface area contributed by atoms with Crippen molar-refractivity contribution in [2.75, 3.05) is 45.0 Å². The van der Waals surface area contributed by atoms with Crippen molar-refractivity contribution in [3.63, 3.8) is 0 Å². The quantitative estimate of drug-likeness (QED) is 0.565. The molecule has 0 atom stereocenters. The Morgan fingerprint density at radius 3 is 2.69 bits per heavy atom. The molecule has 4 rings (SSSR count). The van der Waals surface area contributed by atoms with Crippen LogP contribution in [0, 0.1) is 0 Å². The number of nitrogens with one attached hydrogen (secondary N) is 1. The fourth-order valence-electron chi connectivity index (χ4n) is 3.17. The lowest BCUT2D eigenvalue weighted by atomic mass is 10.3. The standard InChI is InChI=1S/C20H22N4O2S3/c25-18(14-28-20-22-15-4-1-2-5-16(15)29-20)24-11-9-23(10-12-24)8-7-21-19(26)17-6-3-13-27-17/h1-6,13H,7-12,14H2,(H,21,26). The van der Waals surface area contributed by atoms with E-state index < -0.39 is 0 Å². The summed E-state index contributed by atoms with van der Waals surface area (Å²) in [6, 6.07) is 11.8. The van der Waals surface area contributed by atoms with Crippen LogP contribution in [0.5, 0.6) is 0 Å². The number of hydrogen-bond donors (Lipinski definition) is 1. The third kappa shape index (κ3) is 5.36. The monoisotopic (exact) mass is 446 g/mol. The summed E-state index contributed by atoms with van der Waals surface area (Å²) in [5, 5.41) is 4.86. The maximum absolute atomic E-state index is 12.5. The zero-order valence-corrected chi connectivity index (χ0v) is 18.3. The van der Waals surface area contributed by atoms with Gasteiger partial charge in [-0.2, -0.15) is 0 Å². The second-order valence-electron chi connectivity index (χ2n) is 6.69. The van der Waals surface area contributed by atoms with Gasteiger partial charge in [-0.05, 0) is 23.6 Å². The van der Waals surface area contributed by atoms with Gasteiger partial charge in [0.05, 0.1) is 20.8 Å². The number of rotatable bonds is 7. The van der Waals surface area contributed by atoms with E-state index in [0.717, 1.165) is 52.2 Å². The lowest BCUT2D eigenvalue weighted by molar-refractivity contribution is -0.130. The molecule has 0 spiro atoms. The zero-order chi connectivity index (χ0) is 20.1. The first kappa shape index (κ1) is 20.3. The molecule has 0 aliphatic carbocycles.